The Bertz CT molecular complexity index is 329. The van der Waals surface area contributed by atoms with E-state index in [9.17, 15) is 0 Å². The van der Waals surface area contributed by atoms with E-state index in [0.717, 1.165) is 5.69 Å². The molecule has 0 amide bonds. The van der Waals surface area contributed by atoms with E-state index in [1.165, 1.54) is 6.08 Å². The summed E-state index contributed by atoms with van der Waals surface area (Å²) in [5.41, 5.74) is 0.969. The average molecular weight is 249 g/mol. The van der Waals surface area contributed by atoms with Crippen LogP contribution >= 0.6 is 27.5 Å². The molecule has 1 heterocycles. The van der Waals surface area contributed by atoms with Gasteiger partial charge >= 0.3 is 0 Å². The van der Waals surface area contributed by atoms with E-state index in [1.54, 1.807) is 6.20 Å². The molecule has 0 spiro atoms. The Balaban J connectivity index is 2.91. The molecule has 0 aliphatic rings. The molecule has 2 N–H and O–H groups in total. The van der Waals surface area contributed by atoms with E-state index in [-0.39, 0.29) is 5.17 Å². The molecule has 1 rings (SSSR count). The third-order valence-electron chi connectivity index (χ3n) is 1.18. The van der Waals surface area contributed by atoms with Gasteiger partial charge < -0.3 is 4.98 Å². The fraction of sp³-hybridized carbons (Fsp3) is 0.143. The van der Waals surface area contributed by atoms with Crippen LogP contribution in [0.5, 0.6) is 0 Å². The zero-order valence-corrected chi connectivity index (χ0v) is 8.70. The molecule has 0 unspecified atom stereocenters. The van der Waals surface area contributed by atoms with Crippen molar-refractivity contribution in [1.29, 1.82) is 5.41 Å². The van der Waals surface area contributed by atoms with Crippen LogP contribution in [0, 0.1) is 12.3 Å². The lowest BCUT2D eigenvalue weighted by Crippen LogP contribution is -1.83. The van der Waals surface area contributed by atoms with Gasteiger partial charge in [-0.3, -0.25) is 5.41 Å². The fourth-order valence-electron chi connectivity index (χ4n) is 0.714. The van der Waals surface area contributed by atoms with Crippen molar-refractivity contribution in [3.05, 3.63) is 23.8 Å². The molecule has 0 fully saturated rings. The van der Waals surface area contributed by atoms with Crippen LogP contribution in [0.4, 0.5) is 0 Å². The molecule has 0 saturated heterocycles. The number of aromatic nitrogens is 2. The minimum atomic E-state index is -0.0315. The Morgan fingerprint density at radius 2 is 2.50 bits per heavy atom. The maximum Gasteiger partial charge on any atom is 0.144 e. The van der Waals surface area contributed by atoms with Crippen molar-refractivity contribution in [2.24, 2.45) is 0 Å². The van der Waals surface area contributed by atoms with E-state index in [4.69, 9.17) is 17.0 Å². The molecule has 0 atom stereocenters. The lowest BCUT2D eigenvalue weighted by atomic mass is 10.5. The van der Waals surface area contributed by atoms with Crippen LogP contribution in [-0.4, -0.2) is 15.1 Å². The molecular formula is C7H7BrClN3. The van der Waals surface area contributed by atoms with Crippen molar-refractivity contribution in [2.45, 2.75) is 6.92 Å². The van der Waals surface area contributed by atoms with Crippen molar-refractivity contribution in [3.8, 4) is 0 Å². The minimum absolute atomic E-state index is 0.0315. The van der Waals surface area contributed by atoms with Gasteiger partial charge in [-0.15, -0.1) is 0 Å². The van der Waals surface area contributed by atoms with E-state index in [2.05, 4.69) is 25.9 Å². The highest BCUT2D eigenvalue weighted by Crippen LogP contribution is 2.17. The first-order valence-electron chi connectivity index (χ1n) is 3.23. The monoisotopic (exact) mass is 247 g/mol. The number of halogens is 2. The van der Waals surface area contributed by atoms with Gasteiger partial charge in [0.05, 0.1) is 4.48 Å². The summed E-state index contributed by atoms with van der Waals surface area (Å²) >= 11 is 8.61. The molecule has 12 heavy (non-hydrogen) atoms. The van der Waals surface area contributed by atoms with Gasteiger partial charge in [0.15, 0.2) is 0 Å². The van der Waals surface area contributed by atoms with Gasteiger partial charge in [-0.2, -0.15) is 0 Å². The first kappa shape index (κ1) is 9.48. The topological polar surface area (TPSA) is 52.5 Å². The molecule has 0 saturated carbocycles. The van der Waals surface area contributed by atoms with Gasteiger partial charge in [-0.05, 0) is 28.9 Å². The minimum Gasteiger partial charge on any atom is -0.342 e. The number of rotatable bonds is 2. The number of aryl methyl sites for hydroxylation is 1. The fourth-order valence-corrected chi connectivity index (χ4v) is 1.38. The second kappa shape index (κ2) is 3.87. The van der Waals surface area contributed by atoms with Gasteiger partial charge in [0.25, 0.3) is 0 Å². The number of H-pyrrole nitrogens is 1. The summed E-state index contributed by atoms with van der Waals surface area (Å²) in [5.74, 6) is 0.679. The van der Waals surface area contributed by atoms with Gasteiger partial charge in [-0.25, -0.2) is 4.98 Å². The summed E-state index contributed by atoms with van der Waals surface area (Å²) in [6.07, 6.45) is 3.18. The molecular weight excluding hydrogens is 241 g/mol. The molecule has 64 valence electrons. The maximum atomic E-state index is 7.00. The molecule has 0 aromatic carbocycles. The predicted octanol–water partition coefficient (Wildman–Crippen LogP) is 2.67. The Morgan fingerprint density at radius 1 is 1.83 bits per heavy atom. The van der Waals surface area contributed by atoms with Crippen molar-refractivity contribution in [3.63, 3.8) is 0 Å². The SMILES string of the molecule is Cc1cnc(/C(Br)=C\C(=N)Cl)[nH]1. The van der Waals surface area contributed by atoms with Crippen molar-refractivity contribution in [1.82, 2.24) is 9.97 Å². The Hall–Kier alpha value is -0.610. The van der Waals surface area contributed by atoms with Gasteiger partial charge in [-0.1, -0.05) is 11.6 Å². The highest BCUT2D eigenvalue weighted by atomic mass is 79.9. The second-order valence-corrected chi connectivity index (χ2v) is 3.52. The standard InChI is InChI=1S/C7H7BrClN3/c1-4-3-11-7(12-4)5(8)2-6(9)10/h2-3,10H,1H3,(H,11,12)/b5-2+,10-6?. The molecule has 1 aromatic rings. The third kappa shape index (κ3) is 2.46. The summed E-state index contributed by atoms with van der Waals surface area (Å²) in [7, 11) is 0. The molecule has 0 bridgehead atoms. The first-order chi connectivity index (χ1) is 5.59. The van der Waals surface area contributed by atoms with Crippen LogP contribution in [0.3, 0.4) is 0 Å². The Labute approximate surface area is 83.5 Å². The number of aromatic amines is 1. The lowest BCUT2D eigenvalue weighted by molar-refractivity contribution is 1.22. The molecule has 3 nitrogen and oxygen atoms in total. The highest BCUT2D eigenvalue weighted by molar-refractivity contribution is 9.15. The number of imidazole rings is 1. The number of nitrogens with one attached hydrogen (secondary N) is 2. The van der Waals surface area contributed by atoms with Crippen LogP contribution in [-0.2, 0) is 0 Å². The van der Waals surface area contributed by atoms with Gasteiger partial charge in [0, 0.05) is 11.9 Å². The van der Waals surface area contributed by atoms with Crippen molar-refractivity contribution in [2.75, 3.05) is 0 Å². The number of nitrogens with zero attached hydrogens (tertiary/aromatic N) is 1. The smallest absolute Gasteiger partial charge is 0.144 e. The summed E-state index contributed by atoms with van der Waals surface area (Å²) < 4.78 is 0.676. The van der Waals surface area contributed by atoms with Crippen LogP contribution in [0.25, 0.3) is 4.48 Å². The summed E-state index contributed by atoms with van der Waals surface area (Å²) in [6.45, 7) is 1.91. The van der Waals surface area contributed by atoms with E-state index >= 15 is 0 Å². The van der Waals surface area contributed by atoms with Crippen LogP contribution in [0.1, 0.15) is 11.5 Å². The second-order valence-electron chi connectivity index (χ2n) is 2.26. The van der Waals surface area contributed by atoms with Gasteiger partial charge in [0.2, 0.25) is 0 Å². The highest BCUT2D eigenvalue weighted by Gasteiger charge is 2.01. The quantitative estimate of drug-likeness (QED) is 0.777. The first-order valence-corrected chi connectivity index (χ1v) is 4.40. The van der Waals surface area contributed by atoms with E-state index < -0.39 is 0 Å². The van der Waals surface area contributed by atoms with Crippen molar-refractivity contribution >= 4 is 37.2 Å². The zero-order valence-electron chi connectivity index (χ0n) is 6.36. The summed E-state index contributed by atoms with van der Waals surface area (Å²) in [5, 5.41) is 6.97. The lowest BCUT2D eigenvalue weighted by Gasteiger charge is -1.91. The number of hydrogen-bond donors (Lipinski definition) is 2. The third-order valence-corrected chi connectivity index (χ3v) is 1.90. The molecule has 1 aromatic heterocycles. The average Bonchev–Trinajstić information content (AvgIpc) is 2.34. The van der Waals surface area contributed by atoms with Crippen LogP contribution in [0.2, 0.25) is 0 Å². The maximum absolute atomic E-state index is 7.00. The normalized spacial score (nSPS) is 11.8. The molecule has 0 aliphatic carbocycles. The van der Waals surface area contributed by atoms with Crippen molar-refractivity contribution < 1.29 is 0 Å². The predicted molar refractivity (Wildman–Crippen MR) is 53.8 cm³/mol. The summed E-state index contributed by atoms with van der Waals surface area (Å²) in [4.78, 5) is 7.04. The van der Waals surface area contributed by atoms with Crippen LogP contribution < -0.4 is 0 Å². The molecule has 5 heteroatoms. The zero-order chi connectivity index (χ0) is 9.14. The Morgan fingerprint density at radius 3 is 2.92 bits per heavy atom. The van der Waals surface area contributed by atoms with Gasteiger partial charge in [0.1, 0.15) is 11.0 Å². The number of hydrogen-bond acceptors (Lipinski definition) is 2. The molecule has 0 aliphatic heterocycles. The Kier molecular flexibility index (Phi) is 3.05. The largest absolute Gasteiger partial charge is 0.342 e. The number of allylic oxidation sites excluding steroid dienone is 1. The molecule has 0 radical (unpaired) electrons. The van der Waals surface area contributed by atoms with Crippen LogP contribution in [0.15, 0.2) is 12.3 Å². The summed E-state index contributed by atoms with van der Waals surface area (Å²) in [6, 6.07) is 0. The van der Waals surface area contributed by atoms with E-state index in [1.807, 2.05) is 6.92 Å². The van der Waals surface area contributed by atoms with E-state index in [0.29, 0.717) is 10.3 Å².